The molecule has 0 radical (unpaired) electrons. The van der Waals surface area contributed by atoms with E-state index in [1.165, 1.54) is 17.0 Å². The van der Waals surface area contributed by atoms with E-state index in [-0.39, 0.29) is 53.9 Å². The maximum Gasteiger partial charge on any atom is 0.418 e. The van der Waals surface area contributed by atoms with Crippen LogP contribution in [0, 0.1) is 5.82 Å². The van der Waals surface area contributed by atoms with Gasteiger partial charge in [-0.2, -0.15) is 13.2 Å². The molecule has 1 aromatic carbocycles. The van der Waals surface area contributed by atoms with E-state index >= 15 is 0 Å². The molecule has 2 aromatic heterocycles. The molecule has 36 heavy (non-hydrogen) atoms. The van der Waals surface area contributed by atoms with Crippen LogP contribution in [0.1, 0.15) is 62.9 Å². The van der Waals surface area contributed by atoms with Gasteiger partial charge < -0.3 is 19.7 Å². The van der Waals surface area contributed by atoms with Crippen LogP contribution in [-0.2, 0) is 11.8 Å². The number of rotatable bonds is 6. The Labute approximate surface area is 203 Å². The maximum absolute atomic E-state index is 14.8. The molecule has 0 amide bonds. The Morgan fingerprint density at radius 2 is 1.94 bits per heavy atom. The number of fused-ring (bicyclic) bond motifs is 1. The number of aromatic nitrogens is 3. The van der Waals surface area contributed by atoms with Crippen LogP contribution in [0.2, 0.25) is 0 Å². The van der Waals surface area contributed by atoms with Gasteiger partial charge in [0.2, 0.25) is 0 Å². The number of aliphatic hydroxyl groups is 1. The molecule has 3 heterocycles. The van der Waals surface area contributed by atoms with Gasteiger partial charge in [-0.25, -0.2) is 18.2 Å². The van der Waals surface area contributed by atoms with E-state index in [9.17, 15) is 31.4 Å². The molecule has 12 heteroatoms. The molecule has 0 unspecified atom stereocenters. The maximum atomic E-state index is 14.8. The number of alkyl halides is 5. The minimum absolute atomic E-state index is 0.0317. The highest BCUT2D eigenvalue weighted by molar-refractivity contribution is 5.81. The second-order valence-electron chi connectivity index (χ2n) is 9.46. The average Bonchev–Trinajstić information content (AvgIpc) is 3.20. The van der Waals surface area contributed by atoms with Gasteiger partial charge in [-0.3, -0.25) is 4.98 Å². The van der Waals surface area contributed by atoms with E-state index in [0.29, 0.717) is 0 Å². The number of imidazole rings is 1. The molecule has 3 atom stereocenters. The van der Waals surface area contributed by atoms with Gasteiger partial charge in [0.25, 0.3) is 6.43 Å². The smallest absolute Gasteiger partial charge is 0.418 e. The molecule has 0 aliphatic carbocycles. The monoisotopic (exact) mass is 516 g/mol. The fraction of sp³-hybridized carbons (Fsp3) is 0.500. The highest BCUT2D eigenvalue weighted by atomic mass is 19.4. The molecule has 4 rings (SSSR count). The van der Waals surface area contributed by atoms with E-state index in [0.717, 1.165) is 18.3 Å². The molecular weight excluding hydrogens is 490 g/mol. The Kier molecular flexibility index (Phi) is 6.95. The lowest BCUT2D eigenvalue weighted by atomic mass is 9.79. The standard InChI is InChI=1S/C24H26F6N4O2/c1-12(2)34-11-32-18-7-15(6-17(21(18)34)24(28,29)30)36-10-14-9-23(35,8-13(3)33-14)16-4-5-31-20(19(16)25)22(26)27/h4-7,11-14,22,33,35H,8-10H2,1-3H3/t13-,14-,23-/m0/s1. The molecular formula is C24H26F6N4O2. The average molecular weight is 516 g/mol. The van der Waals surface area contributed by atoms with Crippen molar-refractivity contribution in [3.05, 3.63) is 53.4 Å². The molecule has 0 spiro atoms. The molecule has 2 N–H and O–H groups in total. The quantitative estimate of drug-likeness (QED) is 0.423. The fourth-order valence-electron chi connectivity index (χ4n) is 4.85. The Balaban J connectivity index is 1.59. The first-order valence-electron chi connectivity index (χ1n) is 11.4. The normalized spacial score (nSPS) is 23.1. The van der Waals surface area contributed by atoms with Crippen LogP contribution < -0.4 is 10.1 Å². The van der Waals surface area contributed by atoms with Crippen LogP contribution in [0.3, 0.4) is 0 Å². The molecule has 6 nitrogen and oxygen atoms in total. The molecule has 196 valence electrons. The van der Waals surface area contributed by atoms with Crippen LogP contribution in [0.25, 0.3) is 11.0 Å². The Morgan fingerprint density at radius 3 is 2.58 bits per heavy atom. The summed E-state index contributed by atoms with van der Waals surface area (Å²) < 4.78 is 89.7. The lowest BCUT2D eigenvalue weighted by molar-refractivity contribution is -0.136. The van der Waals surface area contributed by atoms with Gasteiger partial charge in [0.15, 0.2) is 5.82 Å². The van der Waals surface area contributed by atoms with Crippen LogP contribution >= 0.6 is 0 Å². The topological polar surface area (TPSA) is 72.2 Å². The van der Waals surface area contributed by atoms with Gasteiger partial charge in [0, 0.05) is 36.0 Å². The highest BCUT2D eigenvalue weighted by Crippen LogP contribution is 2.40. The minimum Gasteiger partial charge on any atom is -0.492 e. The largest absolute Gasteiger partial charge is 0.492 e. The van der Waals surface area contributed by atoms with Gasteiger partial charge >= 0.3 is 6.18 Å². The van der Waals surface area contributed by atoms with Gasteiger partial charge in [-0.15, -0.1) is 0 Å². The summed E-state index contributed by atoms with van der Waals surface area (Å²) in [7, 11) is 0. The van der Waals surface area contributed by atoms with Crippen LogP contribution in [-0.4, -0.2) is 38.3 Å². The molecule has 1 saturated heterocycles. The predicted octanol–water partition coefficient (Wildman–Crippen LogP) is 5.51. The number of hydrogen-bond acceptors (Lipinski definition) is 5. The number of ether oxygens (including phenoxy) is 1. The zero-order chi connectivity index (χ0) is 26.4. The van der Waals surface area contributed by atoms with Crippen molar-refractivity contribution in [2.75, 3.05) is 6.61 Å². The van der Waals surface area contributed by atoms with Gasteiger partial charge in [0.05, 0.1) is 28.5 Å². The van der Waals surface area contributed by atoms with Crippen molar-refractivity contribution < 1.29 is 36.2 Å². The first-order valence-corrected chi connectivity index (χ1v) is 11.4. The van der Waals surface area contributed by atoms with Crippen LogP contribution in [0.5, 0.6) is 5.75 Å². The highest BCUT2D eigenvalue weighted by Gasteiger charge is 2.42. The van der Waals surface area contributed by atoms with E-state index in [2.05, 4.69) is 15.3 Å². The van der Waals surface area contributed by atoms with Crippen molar-refractivity contribution in [2.45, 2.75) is 69.9 Å². The number of pyridine rings is 1. The van der Waals surface area contributed by atoms with Crippen molar-refractivity contribution in [1.82, 2.24) is 19.9 Å². The number of hydrogen-bond donors (Lipinski definition) is 2. The van der Waals surface area contributed by atoms with Gasteiger partial charge in [-0.1, -0.05) is 0 Å². The van der Waals surface area contributed by atoms with E-state index in [1.54, 1.807) is 20.8 Å². The lowest BCUT2D eigenvalue weighted by Gasteiger charge is -2.41. The van der Waals surface area contributed by atoms with E-state index in [4.69, 9.17) is 4.74 Å². The van der Waals surface area contributed by atoms with E-state index in [1.807, 2.05) is 0 Å². The summed E-state index contributed by atoms with van der Waals surface area (Å²) in [5, 5.41) is 14.4. The van der Waals surface area contributed by atoms with Crippen LogP contribution in [0.15, 0.2) is 30.7 Å². The Hall–Kier alpha value is -2.86. The summed E-state index contributed by atoms with van der Waals surface area (Å²) in [4.78, 5) is 7.46. The third kappa shape index (κ3) is 5.01. The molecule has 0 saturated carbocycles. The third-order valence-corrected chi connectivity index (χ3v) is 6.33. The molecule has 1 aliphatic rings. The third-order valence-electron chi connectivity index (χ3n) is 6.33. The molecule has 1 aliphatic heterocycles. The van der Waals surface area contributed by atoms with Crippen molar-refractivity contribution in [3.63, 3.8) is 0 Å². The SMILES string of the molecule is CC(C)n1cnc2cc(OC[C@@H]3C[C@](O)(c4ccnc(C(F)F)c4F)C[C@H](C)N3)cc(C(F)(F)F)c21. The number of halogens is 6. The zero-order valence-electron chi connectivity index (χ0n) is 19.8. The number of nitrogens with zero attached hydrogens (tertiary/aromatic N) is 3. The molecule has 0 bridgehead atoms. The Morgan fingerprint density at radius 1 is 1.22 bits per heavy atom. The summed E-state index contributed by atoms with van der Waals surface area (Å²) in [6.45, 7) is 5.06. The first kappa shape index (κ1) is 26.2. The summed E-state index contributed by atoms with van der Waals surface area (Å²) in [5.41, 5.74) is -3.96. The first-order chi connectivity index (χ1) is 16.8. The van der Waals surface area contributed by atoms with Crippen molar-refractivity contribution in [2.24, 2.45) is 0 Å². The van der Waals surface area contributed by atoms with Crippen molar-refractivity contribution in [1.29, 1.82) is 0 Å². The fourth-order valence-corrected chi connectivity index (χ4v) is 4.85. The lowest BCUT2D eigenvalue weighted by Crippen LogP contribution is -2.53. The number of nitrogens with one attached hydrogen (secondary N) is 1. The van der Waals surface area contributed by atoms with Crippen molar-refractivity contribution >= 4 is 11.0 Å². The number of benzene rings is 1. The summed E-state index contributed by atoms with van der Waals surface area (Å²) in [6.07, 6.45) is -5.52. The van der Waals surface area contributed by atoms with Crippen molar-refractivity contribution in [3.8, 4) is 5.75 Å². The van der Waals surface area contributed by atoms with E-state index < -0.39 is 41.3 Å². The summed E-state index contributed by atoms with van der Waals surface area (Å²) in [6, 6.07) is 2.24. The predicted molar refractivity (Wildman–Crippen MR) is 119 cm³/mol. The molecule has 1 fully saturated rings. The van der Waals surface area contributed by atoms with Crippen LogP contribution in [0.4, 0.5) is 26.3 Å². The second kappa shape index (κ2) is 9.55. The molecule has 3 aromatic rings. The second-order valence-corrected chi connectivity index (χ2v) is 9.46. The zero-order valence-corrected chi connectivity index (χ0v) is 19.8. The van der Waals surface area contributed by atoms with Gasteiger partial charge in [-0.05, 0) is 45.7 Å². The Bertz CT molecular complexity index is 1250. The van der Waals surface area contributed by atoms with Gasteiger partial charge in [0.1, 0.15) is 18.1 Å². The summed E-state index contributed by atoms with van der Waals surface area (Å²) in [5.74, 6) is -1.34. The minimum atomic E-state index is -4.65. The number of piperidine rings is 1. The summed E-state index contributed by atoms with van der Waals surface area (Å²) >= 11 is 0.